The number of amides is 1. The third-order valence-corrected chi connectivity index (χ3v) is 3.22. The van der Waals surface area contributed by atoms with E-state index in [-0.39, 0.29) is 11.8 Å². The maximum Gasteiger partial charge on any atom is 0.253 e. The number of hydrogen-bond acceptors (Lipinski definition) is 5. The summed E-state index contributed by atoms with van der Waals surface area (Å²) < 4.78 is 0. The Morgan fingerprint density at radius 3 is 2.64 bits per heavy atom. The van der Waals surface area contributed by atoms with Crippen molar-refractivity contribution in [3.8, 4) is 5.69 Å². The van der Waals surface area contributed by atoms with Gasteiger partial charge in [-0.15, -0.1) is 0 Å². The first-order valence-electron chi connectivity index (χ1n) is 6.92. The number of aromatic nitrogens is 3. The zero-order valence-electron chi connectivity index (χ0n) is 12.3. The van der Waals surface area contributed by atoms with E-state index in [4.69, 9.17) is 10.8 Å². The number of rotatable bonds is 7. The zero-order valence-corrected chi connectivity index (χ0v) is 12.3. The molecule has 1 amide bonds. The van der Waals surface area contributed by atoms with Gasteiger partial charge in [0.05, 0.1) is 23.6 Å². The monoisotopic (exact) mass is 298 g/mol. The second-order valence-corrected chi connectivity index (χ2v) is 4.88. The van der Waals surface area contributed by atoms with Crippen LogP contribution >= 0.6 is 0 Å². The molecule has 114 valence electrons. The van der Waals surface area contributed by atoms with Gasteiger partial charge in [0.25, 0.3) is 5.91 Å². The average molecular weight is 298 g/mol. The van der Waals surface area contributed by atoms with Gasteiger partial charge in [-0.3, -0.25) is 4.79 Å². The van der Waals surface area contributed by atoms with Crippen LogP contribution in [0.5, 0.6) is 0 Å². The fraction of sp³-hybridized carbons (Fsp3) is 0.267. The summed E-state index contributed by atoms with van der Waals surface area (Å²) in [4.78, 5) is 13.8. The van der Waals surface area contributed by atoms with Gasteiger partial charge in [-0.2, -0.15) is 15.0 Å². The van der Waals surface area contributed by atoms with Crippen LogP contribution in [0.15, 0.2) is 30.6 Å². The van der Waals surface area contributed by atoms with Gasteiger partial charge in [-0.25, -0.2) is 0 Å². The van der Waals surface area contributed by atoms with Crippen LogP contribution < -0.4 is 5.32 Å². The highest BCUT2D eigenvalue weighted by atomic mass is 16.1. The molecule has 0 unspecified atom stereocenters. The van der Waals surface area contributed by atoms with Crippen molar-refractivity contribution in [2.24, 2.45) is 5.92 Å². The number of benzene rings is 1. The lowest BCUT2D eigenvalue weighted by Crippen LogP contribution is -2.27. The summed E-state index contributed by atoms with van der Waals surface area (Å²) in [5, 5.41) is 25.2. The molecule has 22 heavy (non-hydrogen) atoms. The molecule has 0 spiro atoms. The highest BCUT2D eigenvalue weighted by molar-refractivity contribution is 5.98. The molecule has 0 aliphatic carbocycles. The highest BCUT2D eigenvalue weighted by Gasteiger charge is 2.14. The number of carbonyl (C=O) groups excluding carboxylic acids is 1. The molecule has 0 saturated heterocycles. The van der Waals surface area contributed by atoms with Crippen LogP contribution in [0.2, 0.25) is 0 Å². The topological polar surface area (TPSA) is 108 Å². The zero-order chi connectivity index (χ0) is 15.9. The third-order valence-electron chi connectivity index (χ3n) is 3.22. The van der Waals surface area contributed by atoms with Crippen LogP contribution in [0.3, 0.4) is 0 Å². The van der Waals surface area contributed by atoms with Crippen molar-refractivity contribution in [2.75, 3.05) is 6.54 Å². The van der Waals surface area contributed by atoms with E-state index in [0.717, 1.165) is 5.56 Å². The van der Waals surface area contributed by atoms with E-state index in [2.05, 4.69) is 15.5 Å². The van der Waals surface area contributed by atoms with E-state index < -0.39 is 0 Å². The minimum atomic E-state index is -0.245. The van der Waals surface area contributed by atoms with Gasteiger partial charge in [0.1, 0.15) is 0 Å². The van der Waals surface area contributed by atoms with Gasteiger partial charge in [0, 0.05) is 24.9 Å². The molecule has 2 rings (SSSR count). The Morgan fingerprint density at radius 2 is 2.00 bits per heavy atom. The van der Waals surface area contributed by atoms with Gasteiger partial charge >= 0.3 is 0 Å². The maximum atomic E-state index is 12.4. The number of hydrogen-bond donors (Lipinski definition) is 3. The summed E-state index contributed by atoms with van der Waals surface area (Å²) in [6, 6.07) is 5.50. The summed E-state index contributed by atoms with van der Waals surface area (Å²) in [7, 11) is 0. The number of nitrogens with one attached hydrogen (secondary N) is 3. The van der Waals surface area contributed by atoms with Crippen molar-refractivity contribution in [2.45, 2.75) is 13.3 Å². The second-order valence-electron chi connectivity index (χ2n) is 4.88. The molecular weight excluding hydrogens is 280 g/mol. The Kier molecular flexibility index (Phi) is 5.13. The van der Waals surface area contributed by atoms with Crippen LogP contribution in [0.25, 0.3) is 5.69 Å². The van der Waals surface area contributed by atoms with Crippen LogP contribution in [-0.4, -0.2) is 39.9 Å². The lowest BCUT2D eigenvalue weighted by atomic mass is 10.1. The minimum Gasteiger partial charge on any atom is -0.352 e. The summed E-state index contributed by atoms with van der Waals surface area (Å²) in [5.41, 5.74) is 2.08. The Morgan fingerprint density at radius 1 is 1.32 bits per heavy atom. The van der Waals surface area contributed by atoms with E-state index in [0.29, 0.717) is 24.2 Å². The van der Waals surface area contributed by atoms with Crippen LogP contribution in [0.1, 0.15) is 22.3 Å². The largest absolute Gasteiger partial charge is 0.352 e. The lowest BCUT2D eigenvalue weighted by Gasteiger charge is -2.11. The SMILES string of the molecule is Cc1ccc(-n2nccn2)c(C(=O)NCCC(C=N)C=N)c1. The Labute approximate surface area is 128 Å². The number of nitrogens with zero attached hydrogens (tertiary/aromatic N) is 3. The van der Waals surface area contributed by atoms with Gasteiger partial charge in [0.2, 0.25) is 0 Å². The summed E-state index contributed by atoms with van der Waals surface area (Å²) in [6.45, 7) is 2.31. The Hall–Kier alpha value is -2.83. The lowest BCUT2D eigenvalue weighted by molar-refractivity contribution is 0.0952. The van der Waals surface area contributed by atoms with Gasteiger partial charge in [-0.1, -0.05) is 11.6 Å². The Balaban J connectivity index is 2.13. The van der Waals surface area contributed by atoms with E-state index >= 15 is 0 Å². The highest BCUT2D eigenvalue weighted by Crippen LogP contribution is 2.15. The van der Waals surface area contributed by atoms with Crippen molar-refractivity contribution in [3.05, 3.63) is 41.7 Å². The first kappa shape index (κ1) is 15.6. The molecule has 1 heterocycles. The molecule has 1 aromatic carbocycles. The molecule has 2 aromatic rings. The van der Waals surface area contributed by atoms with E-state index in [1.54, 1.807) is 18.5 Å². The first-order chi connectivity index (χ1) is 10.7. The van der Waals surface area contributed by atoms with Crippen LogP contribution in [0, 0.1) is 23.7 Å². The molecule has 7 heteroatoms. The van der Waals surface area contributed by atoms with Gasteiger partial charge in [-0.05, 0) is 25.5 Å². The fourth-order valence-corrected chi connectivity index (χ4v) is 2.01. The van der Waals surface area contributed by atoms with E-state index in [1.165, 1.54) is 17.2 Å². The van der Waals surface area contributed by atoms with Crippen molar-refractivity contribution in [3.63, 3.8) is 0 Å². The Bertz CT molecular complexity index is 657. The van der Waals surface area contributed by atoms with Crippen molar-refractivity contribution < 1.29 is 4.79 Å². The molecule has 0 bridgehead atoms. The molecule has 3 N–H and O–H groups in total. The van der Waals surface area contributed by atoms with Gasteiger partial charge in [0.15, 0.2) is 0 Å². The molecule has 0 saturated carbocycles. The molecule has 0 aliphatic heterocycles. The van der Waals surface area contributed by atoms with Crippen LogP contribution in [-0.2, 0) is 0 Å². The maximum absolute atomic E-state index is 12.4. The minimum absolute atomic E-state index is 0.218. The smallest absolute Gasteiger partial charge is 0.253 e. The second kappa shape index (κ2) is 7.26. The summed E-state index contributed by atoms with van der Waals surface area (Å²) in [5.74, 6) is -0.463. The normalized spacial score (nSPS) is 11.7. The predicted octanol–water partition coefficient (Wildman–Crippen LogP) is 1.61. The van der Waals surface area contributed by atoms with Gasteiger partial charge < -0.3 is 16.1 Å². The molecule has 0 aliphatic rings. The fourth-order valence-electron chi connectivity index (χ4n) is 2.01. The quantitative estimate of drug-likeness (QED) is 0.676. The molecule has 1 aromatic heterocycles. The number of carbonyl (C=O) groups is 1. The predicted molar refractivity (Wildman–Crippen MR) is 84.1 cm³/mol. The van der Waals surface area contributed by atoms with Crippen molar-refractivity contribution in [1.29, 1.82) is 10.8 Å². The first-order valence-corrected chi connectivity index (χ1v) is 6.92. The molecular formula is C15H18N6O. The summed E-state index contributed by atoms with van der Waals surface area (Å²) >= 11 is 0. The average Bonchev–Trinajstić information content (AvgIpc) is 3.05. The third kappa shape index (κ3) is 3.63. The van der Waals surface area contributed by atoms with Crippen molar-refractivity contribution >= 4 is 18.3 Å². The van der Waals surface area contributed by atoms with E-state index in [9.17, 15) is 4.79 Å². The summed E-state index contributed by atoms with van der Waals surface area (Å²) in [6.07, 6.45) is 6.04. The molecule has 0 atom stereocenters. The molecule has 7 nitrogen and oxygen atoms in total. The van der Waals surface area contributed by atoms with Crippen LogP contribution in [0.4, 0.5) is 0 Å². The standard InChI is InChI=1S/C15H18N6O/c1-11-2-3-14(21-19-6-7-20-21)13(8-11)15(22)18-5-4-12(9-16)10-17/h2-3,6-10,12,16-17H,4-5H2,1H3,(H,18,22). The molecule has 0 fully saturated rings. The van der Waals surface area contributed by atoms with Crippen molar-refractivity contribution in [1.82, 2.24) is 20.3 Å². The number of aryl methyl sites for hydroxylation is 1. The van der Waals surface area contributed by atoms with E-state index in [1.807, 2.05) is 19.1 Å². The molecule has 0 radical (unpaired) electrons.